The first-order valence-electron chi connectivity index (χ1n) is 9.69. The van der Waals surface area contributed by atoms with Gasteiger partial charge in [-0.15, -0.1) is 0 Å². The topological polar surface area (TPSA) is 42.6 Å². The van der Waals surface area contributed by atoms with E-state index in [0.29, 0.717) is 11.7 Å². The standard InChI is InChI=1S/C21H28N4O/c1-17-6-2-3-9-20(17)24-14-12-23(13-15-24)18-7-5-11-25(16-18)21(26)19-8-4-10-22-19/h2-4,6,8-10,18,22H,5,7,11-16H2,1H3/t18-/m1/s1. The lowest BCUT2D eigenvalue weighted by Crippen LogP contribution is -2.56. The van der Waals surface area contributed by atoms with Crippen LogP contribution in [0.4, 0.5) is 5.69 Å². The molecule has 2 aliphatic rings. The maximum Gasteiger partial charge on any atom is 0.270 e. The summed E-state index contributed by atoms with van der Waals surface area (Å²) in [6, 6.07) is 12.9. The number of aromatic amines is 1. The number of aryl methyl sites for hydroxylation is 1. The minimum Gasteiger partial charge on any atom is -0.369 e. The van der Waals surface area contributed by atoms with E-state index in [4.69, 9.17) is 0 Å². The molecule has 0 bridgehead atoms. The number of carbonyl (C=O) groups is 1. The van der Waals surface area contributed by atoms with Gasteiger partial charge in [0, 0.05) is 57.2 Å². The van der Waals surface area contributed by atoms with Crippen molar-refractivity contribution in [1.29, 1.82) is 0 Å². The molecule has 0 unspecified atom stereocenters. The summed E-state index contributed by atoms with van der Waals surface area (Å²) in [5, 5.41) is 0. The van der Waals surface area contributed by atoms with E-state index in [-0.39, 0.29) is 5.91 Å². The Morgan fingerprint density at radius 1 is 1.04 bits per heavy atom. The van der Waals surface area contributed by atoms with Crippen LogP contribution in [0.3, 0.4) is 0 Å². The second kappa shape index (κ2) is 7.54. The Morgan fingerprint density at radius 3 is 2.58 bits per heavy atom. The van der Waals surface area contributed by atoms with Gasteiger partial charge in [-0.2, -0.15) is 0 Å². The summed E-state index contributed by atoms with van der Waals surface area (Å²) in [5.74, 6) is 0.137. The van der Waals surface area contributed by atoms with Crippen molar-refractivity contribution in [3.05, 3.63) is 53.9 Å². The smallest absolute Gasteiger partial charge is 0.270 e. The number of piperazine rings is 1. The monoisotopic (exact) mass is 352 g/mol. The van der Waals surface area contributed by atoms with Crippen molar-refractivity contribution in [2.75, 3.05) is 44.2 Å². The van der Waals surface area contributed by atoms with Crippen molar-refractivity contribution >= 4 is 11.6 Å². The fourth-order valence-corrected chi connectivity index (χ4v) is 4.32. The molecule has 2 saturated heterocycles. The zero-order valence-corrected chi connectivity index (χ0v) is 15.5. The molecule has 5 heteroatoms. The minimum atomic E-state index is 0.137. The van der Waals surface area contributed by atoms with E-state index in [9.17, 15) is 4.79 Å². The lowest BCUT2D eigenvalue weighted by molar-refractivity contribution is 0.0559. The van der Waals surface area contributed by atoms with Gasteiger partial charge in [0.1, 0.15) is 5.69 Å². The van der Waals surface area contributed by atoms with E-state index in [0.717, 1.165) is 45.7 Å². The van der Waals surface area contributed by atoms with Crippen LogP contribution in [0.1, 0.15) is 28.9 Å². The third-order valence-corrected chi connectivity index (χ3v) is 5.80. The molecule has 138 valence electrons. The Hall–Kier alpha value is -2.27. The molecule has 1 amide bonds. The van der Waals surface area contributed by atoms with Gasteiger partial charge >= 0.3 is 0 Å². The molecule has 0 radical (unpaired) electrons. The molecule has 1 N–H and O–H groups in total. The molecule has 1 aromatic carbocycles. The molecule has 2 aliphatic heterocycles. The number of likely N-dealkylation sites (tertiary alicyclic amines) is 1. The number of anilines is 1. The fourth-order valence-electron chi connectivity index (χ4n) is 4.32. The highest BCUT2D eigenvalue weighted by molar-refractivity contribution is 5.92. The van der Waals surface area contributed by atoms with Gasteiger partial charge in [-0.25, -0.2) is 0 Å². The van der Waals surface area contributed by atoms with E-state index in [2.05, 4.69) is 46.0 Å². The van der Waals surface area contributed by atoms with Crippen molar-refractivity contribution in [3.8, 4) is 0 Å². The predicted molar refractivity (Wildman–Crippen MR) is 105 cm³/mol. The molecule has 1 atom stereocenters. The molecule has 2 fully saturated rings. The fraction of sp³-hybridized carbons (Fsp3) is 0.476. The molecule has 1 aromatic heterocycles. The largest absolute Gasteiger partial charge is 0.369 e. The summed E-state index contributed by atoms with van der Waals surface area (Å²) in [5.41, 5.74) is 3.41. The maximum atomic E-state index is 12.6. The summed E-state index contributed by atoms with van der Waals surface area (Å²) in [4.78, 5) is 22.8. The molecule has 26 heavy (non-hydrogen) atoms. The normalized spacial score (nSPS) is 21.8. The SMILES string of the molecule is Cc1ccccc1N1CCN([C@@H]2CCCN(C(=O)c3ccc[nH]3)C2)CC1. The maximum absolute atomic E-state index is 12.6. The molecule has 0 aliphatic carbocycles. The lowest BCUT2D eigenvalue weighted by atomic mass is 10.0. The molecule has 5 nitrogen and oxygen atoms in total. The molecule has 2 aromatic rings. The number of nitrogens with zero attached hydrogens (tertiary/aromatic N) is 3. The first-order chi connectivity index (χ1) is 12.7. The lowest BCUT2D eigenvalue weighted by Gasteiger charge is -2.44. The van der Waals surface area contributed by atoms with Crippen molar-refractivity contribution < 1.29 is 4.79 Å². The van der Waals surface area contributed by atoms with Crippen molar-refractivity contribution in [2.24, 2.45) is 0 Å². The number of carbonyl (C=O) groups excluding carboxylic acids is 1. The van der Waals surface area contributed by atoms with Gasteiger partial charge in [-0.05, 0) is 43.5 Å². The Balaban J connectivity index is 1.35. The zero-order valence-electron chi connectivity index (χ0n) is 15.5. The number of hydrogen-bond acceptors (Lipinski definition) is 3. The van der Waals surface area contributed by atoms with Gasteiger partial charge in [-0.1, -0.05) is 18.2 Å². The minimum absolute atomic E-state index is 0.137. The number of benzene rings is 1. The third kappa shape index (κ3) is 3.49. The van der Waals surface area contributed by atoms with Gasteiger partial charge in [-0.3, -0.25) is 9.69 Å². The van der Waals surface area contributed by atoms with Crippen LogP contribution in [0.25, 0.3) is 0 Å². The van der Waals surface area contributed by atoms with Crippen LogP contribution in [0.2, 0.25) is 0 Å². The molecule has 4 rings (SSSR count). The van der Waals surface area contributed by atoms with Crippen LogP contribution in [0, 0.1) is 6.92 Å². The predicted octanol–water partition coefficient (Wildman–Crippen LogP) is 2.75. The van der Waals surface area contributed by atoms with Gasteiger partial charge in [0.05, 0.1) is 0 Å². The Bertz CT molecular complexity index is 734. The number of piperidine rings is 1. The summed E-state index contributed by atoms with van der Waals surface area (Å²) < 4.78 is 0. The Morgan fingerprint density at radius 2 is 1.85 bits per heavy atom. The second-order valence-corrected chi connectivity index (χ2v) is 7.44. The summed E-state index contributed by atoms with van der Waals surface area (Å²) in [7, 11) is 0. The van der Waals surface area contributed by atoms with E-state index >= 15 is 0 Å². The van der Waals surface area contributed by atoms with E-state index in [1.54, 1.807) is 0 Å². The highest BCUT2D eigenvalue weighted by Crippen LogP contribution is 2.23. The molecular weight excluding hydrogens is 324 g/mol. The average molecular weight is 352 g/mol. The number of para-hydroxylation sites is 1. The molecule has 0 spiro atoms. The van der Waals surface area contributed by atoms with Crippen LogP contribution in [-0.4, -0.2) is 66.0 Å². The highest BCUT2D eigenvalue weighted by Gasteiger charge is 2.30. The van der Waals surface area contributed by atoms with Gasteiger partial charge in [0.2, 0.25) is 0 Å². The molecular formula is C21H28N4O. The number of hydrogen-bond donors (Lipinski definition) is 1. The van der Waals surface area contributed by atoms with Crippen molar-refractivity contribution in [1.82, 2.24) is 14.8 Å². The summed E-state index contributed by atoms with van der Waals surface area (Å²) in [6.07, 6.45) is 4.10. The van der Waals surface area contributed by atoms with Crippen LogP contribution >= 0.6 is 0 Å². The Labute approximate surface area is 155 Å². The number of aromatic nitrogens is 1. The Kier molecular flexibility index (Phi) is 4.98. The van der Waals surface area contributed by atoms with Crippen LogP contribution < -0.4 is 4.90 Å². The van der Waals surface area contributed by atoms with E-state index in [1.807, 2.05) is 23.2 Å². The molecule has 0 saturated carbocycles. The zero-order chi connectivity index (χ0) is 17.9. The van der Waals surface area contributed by atoms with E-state index < -0.39 is 0 Å². The van der Waals surface area contributed by atoms with E-state index in [1.165, 1.54) is 17.7 Å². The number of H-pyrrole nitrogens is 1. The molecule has 3 heterocycles. The number of amides is 1. The summed E-state index contributed by atoms with van der Waals surface area (Å²) in [6.45, 7) is 8.18. The highest BCUT2D eigenvalue weighted by atomic mass is 16.2. The van der Waals surface area contributed by atoms with Crippen LogP contribution in [0.15, 0.2) is 42.6 Å². The number of rotatable bonds is 3. The van der Waals surface area contributed by atoms with Gasteiger partial charge < -0.3 is 14.8 Å². The summed E-state index contributed by atoms with van der Waals surface area (Å²) >= 11 is 0. The van der Waals surface area contributed by atoms with Crippen LogP contribution in [-0.2, 0) is 0 Å². The first kappa shape index (κ1) is 17.2. The quantitative estimate of drug-likeness (QED) is 0.924. The van der Waals surface area contributed by atoms with Crippen molar-refractivity contribution in [2.45, 2.75) is 25.8 Å². The second-order valence-electron chi connectivity index (χ2n) is 7.44. The van der Waals surface area contributed by atoms with Gasteiger partial charge in [0.25, 0.3) is 5.91 Å². The number of nitrogens with one attached hydrogen (secondary N) is 1. The third-order valence-electron chi connectivity index (χ3n) is 5.80. The van der Waals surface area contributed by atoms with Crippen molar-refractivity contribution in [3.63, 3.8) is 0 Å². The van der Waals surface area contributed by atoms with Crippen LogP contribution in [0.5, 0.6) is 0 Å². The van der Waals surface area contributed by atoms with Gasteiger partial charge in [0.15, 0.2) is 0 Å². The first-order valence-corrected chi connectivity index (χ1v) is 9.69. The average Bonchev–Trinajstić information content (AvgIpc) is 3.23.